The lowest BCUT2D eigenvalue weighted by Gasteiger charge is -2.06. The number of nitrogens with zero attached hydrogens (tertiary/aromatic N) is 1. The fourth-order valence-electron chi connectivity index (χ4n) is 2.15. The second-order valence-corrected chi connectivity index (χ2v) is 3.83. The number of nitrogens with one attached hydrogen (secondary N) is 1. The highest BCUT2D eigenvalue weighted by Gasteiger charge is 2.10. The number of rotatable bonds is 4. The summed E-state index contributed by atoms with van der Waals surface area (Å²) in [6.45, 7) is 3.99. The fourth-order valence-corrected chi connectivity index (χ4v) is 2.15. The van der Waals surface area contributed by atoms with Gasteiger partial charge in [0.25, 0.3) is 0 Å². The molecule has 0 aliphatic rings. The first-order valence-electron chi connectivity index (χ1n) is 5.61. The van der Waals surface area contributed by atoms with Gasteiger partial charge < -0.3 is 14.6 Å². The standard InChI is InChI=1S/C13H18N2O/c1-4-15-9-10(8-14-2)11-6-5-7-12(16-3)13(11)15/h5-7,9,14H,4,8H2,1-3H3. The molecule has 0 amide bonds. The molecule has 0 saturated heterocycles. The minimum atomic E-state index is 0.886. The van der Waals surface area contributed by atoms with Gasteiger partial charge in [0, 0.05) is 24.7 Å². The second kappa shape index (κ2) is 4.58. The van der Waals surface area contributed by atoms with Crippen LogP contribution in [0.1, 0.15) is 12.5 Å². The van der Waals surface area contributed by atoms with Gasteiger partial charge in [-0.3, -0.25) is 0 Å². The van der Waals surface area contributed by atoms with Crippen molar-refractivity contribution in [2.24, 2.45) is 0 Å². The molecule has 1 aromatic carbocycles. The molecule has 86 valence electrons. The average Bonchev–Trinajstić information content (AvgIpc) is 2.68. The maximum absolute atomic E-state index is 5.42. The van der Waals surface area contributed by atoms with E-state index in [1.165, 1.54) is 16.5 Å². The first kappa shape index (κ1) is 11.0. The number of hydrogen-bond acceptors (Lipinski definition) is 2. The predicted octanol–water partition coefficient (Wildman–Crippen LogP) is 2.39. The third-order valence-electron chi connectivity index (χ3n) is 2.87. The lowest BCUT2D eigenvalue weighted by Crippen LogP contribution is -2.04. The number of hydrogen-bond donors (Lipinski definition) is 1. The third kappa shape index (κ3) is 1.67. The summed E-state index contributed by atoms with van der Waals surface area (Å²) in [5, 5.41) is 4.47. The van der Waals surface area contributed by atoms with E-state index in [0.717, 1.165) is 18.8 Å². The van der Waals surface area contributed by atoms with Crippen LogP contribution >= 0.6 is 0 Å². The molecule has 0 spiro atoms. The van der Waals surface area contributed by atoms with Crippen LogP contribution in [0.4, 0.5) is 0 Å². The van der Waals surface area contributed by atoms with Gasteiger partial charge >= 0.3 is 0 Å². The zero-order chi connectivity index (χ0) is 11.5. The largest absolute Gasteiger partial charge is 0.495 e. The normalized spacial score (nSPS) is 10.9. The van der Waals surface area contributed by atoms with Crippen LogP contribution in [-0.4, -0.2) is 18.7 Å². The molecule has 0 fully saturated rings. The number of aromatic nitrogens is 1. The number of benzene rings is 1. The van der Waals surface area contributed by atoms with Crippen molar-refractivity contribution in [1.82, 2.24) is 9.88 Å². The third-order valence-corrected chi connectivity index (χ3v) is 2.87. The summed E-state index contributed by atoms with van der Waals surface area (Å²) in [6, 6.07) is 6.20. The fraction of sp³-hybridized carbons (Fsp3) is 0.385. The molecule has 0 unspecified atom stereocenters. The molecule has 0 aliphatic heterocycles. The van der Waals surface area contributed by atoms with Crippen LogP contribution in [0.25, 0.3) is 10.9 Å². The van der Waals surface area contributed by atoms with E-state index in [9.17, 15) is 0 Å². The summed E-state index contributed by atoms with van der Waals surface area (Å²) in [5.74, 6) is 0.946. The molecular weight excluding hydrogens is 200 g/mol. The summed E-state index contributed by atoms with van der Waals surface area (Å²) in [7, 11) is 3.69. The summed E-state index contributed by atoms with van der Waals surface area (Å²) < 4.78 is 7.66. The first-order valence-corrected chi connectivity index (χ1v) is 5.61. The second-order valence-electron chi connectivity index (χ2n) is 3.83. The van der Waals surface area contributed by atoms with E-state index in [-0.39, 0.29) is 0 Å². The molecular formula is C13H18N2O. The highest BCUT2D eigenvalue weighted by molar-refractivity contribution is 5.89. The lowest BCUT2D eigenvalue weighted by atomic mass is 10.1. The van der Waals surface area contributed by atoms with Crippen molar-refractivity contribution in [3.63, 3.8) is 0 Å². The average molecular weight is 218 g/mol. The van der Waals surface area contributed by atoms with Crippen molar-refractivity contribution in [1.29, 1.82) is 0 Å². The van der Waals surface area contributed by atoms with Crippen LogP contribution in [0.2, 0.25) is 0 Å². The van der Waals surface area contributed by atoms with E-state index in [0.29, 0.717) is 0 Å². The molecule has 0 aliphatic carbocycles. The van der Waals surface area contributed by atoms with Crippen LogP contribution < -0.4 is 10.1 Å². The molecule has 16 heavy (non-hydrogen) atoms. The van der Waals surface area contributed by atoms with Crippen LogP contribution in [0, 0.1) is 0 Å². The van der Waals surface area contributed by atoms with Gasteiger partial charge in [0.2, 0.25) is 0 Å². The van der Waals surface area contributed by atoms with Gasteiger partial charge in [0.05, 0.1) is 12.6 Å². The van der Waals surface area contributed by atoms with Crippen LogP contribution in [0.15, 0.2) is 24.4 Å². The molecule has 0 atom stereocenters. The summed E-state index contributed by atoms with van der Waals surface area (Å²) in [6.07, 6.45) is 2.20. The number of ether oxygens (including phenoxy) is 1. The molecule has 2 aromatic rings. The Morgan fingerprint density at radius 2 is 2.19 bits per heavy atom. The minimum absolute atomic E-state index is 0.886. The van der Waals surface area contributed by atoms with Crippen molar-refractivity contribution in [3.05, 3.63) is 30.0 Å². The zero-order valence-corrected chi connectivity index (χ0v) is 10.1. The smallest absolute Gasteiger partial charge is 0.143 e. The Hall–Kier alpha value is -1.48. The Kier molecular flexibility index (Phi) is 3.15. The van der Waals surface area contributed by atoms with Crippen molar-refractivity contribution < 1.29 is 4.74 Å². The quantitative estimate of drug-likeness (QED) is 0.852. The number of aryl methyl sites for hydroxylation is 1. The molecule has 1 aromatic heterocycles. The Balaban J connectivity index is 2.68. The van der Waals surface area contributed by atoms with E-state index in [4.69, 9.17) is 4.74 Å². The van der Waals surface area contributed by atoms with E-state index >= 15 is 0 Å². The number of fused-ring (bicyclic) bond motifs is 1. The highest BCUT2D eigenvalue weighted by Crippen LogP contribution is 2.29. The van der Waals surface area contributed by atoms with Gasteiger partial charge in [-0.05, 0) is 25.6 Å². The van der Waals surface area contributed by atoms with Gasteiger partial charge in [0.15, 0.2) is 0 Å². The van der Waals surface area contributed by atoms with Gasteiger partial charge in [0.1, 0.15) is 5.75 Å². The lowest BCUT2D eigenvalue weighted by molar-refractivity contribution is 0.417. The SMILES string of the molecule is CCn1cc(CNC)c2cccc(OC)c21. The summed E-state index contributed by atoms with van der Waals surface area (Å²) >= 11 is 0. The Morgan fingerprint density at radius 1 is 1.38 bits per heavy atom. The predicted molar refractivity (Wildman–Crippen MR) is 66.9 cm³/mol. The molecule has 3 heteroatoms. The van der Waals surface area contributed by atoms with E-state index in [1.807, 2.05) is 19.2 Å². The van der Waals surface area contributed by atoms with Crippen molar-refractivity contribution >= 4 is 10.9 Å². The Bertz CT molecular complexity index is 488. The van der Waals surface area contributed by atoms with E-state index < -0.39 is 0 Å². The van der Waals surface area contributed by atoms with E-state index in [1.54, 1.807) is 7.11 Å². The summed E-state index contributed by atoms with van der Waals surface area (Å²) in [5.41, 5.74) is 2.51. The van der Waals surface area contributed by atoms with E-state index in [2.05, 4.69) is 29.1 Å². The van der Waals surface area contributed by atoms with Crippen molar-refractivity contribution in [3.8, 4) is 5.75 Å². The maximum atomic E-state index is 5.42. The highest BCUT2D eigenvalue weighted by atomic mass is 16.5. The van der Waals surface area contributed by atoms with Gasteiger partial charge in [-0.1, -0.05) is 12.1 Å². The van der Waals surface area contributed by atoms with Gasteiger partial charge in [-0.25, -0.2) is 0 Å². The Morgan fingerprint density at radius 3 is 2.81 bits per heavy atom. The van der Waals surface area contributed by atoms with Crippen molar-refractivity contribution in [2.45, 2.75) is 20.0 Å². The molecule has 0 radical (unpaired) electrons. The Labute approximate surface area is 96.0 Å². The van der Waals surface area contributed by atoms with Crippen LogP contribution in [0.5, 0.6) is 5.75 Å². The molecule has 2 rings (SSSR count). The van der Waals surface area contributed by atoms with Gasteiger partial charge in [-0.15, -0.1) is 0 Å². The molecule has 1 N–H and O–H groups in total. The van der Waals surface area contributed by atoms with Crippen molar-refractivity contribution in [2.75, 3.05) is 14.2 Å². The van der Waals surface area contributed by atoms with Crippen LogP contribution in [-0.2, 0) is 13.1 Å². The first-order chi connectivity index (χ1) is 7.81. The van der Waals surface area contributed by atoms with Crippen LogP contribution in [0.3, 0.4) is 0 Å². The topological polar surface area (TPSA) is 26.2 Å². The number of methoxy groups -OCH3 is 1. The molecule has 1 heterocycles. The molecule has 0 saturated carbocycles. The zero-order valence-electron chi connectivity index (χ0n) is 10.1. The molecule has 0 bridgehead atoms. The number of para-hydroxylation sites is 1. The molecule has 3 nitrogen and oxygen atoms in total. The monoisotopic (exact) mass is 218 g/mol. The summed E-state index contributed by atoms with van der Waals surface area (Å²) in [4.78, 5) is 0. The van der Waals surface area contributed by atoms with Gasteiger partial charge in [-0.2, -0.15) is 0 Å². The maximum Gasteiger partial charge on any atom is 0.143 e. The minimum Gasteiger partial charge on any atom is -0.495 e.